The minimum Gasteiger partial charge on any atom is -0.458 e. The fourth-order valence-electron chi connectivity index (χ4n) is 2.42. The predicted molar refractivity (Wildman–Crippen MR) is 112 cm³/mol. The first-order valence-electron chi connectivity index (χ1n) is 9.17. The minimum atomic E-state index is -4.70. The monoisotopic (exact) mass is 430 g/mol. The molecule has 0 saturated carbocycles. The number of carbonyl (C=O) groups is 2. The molecular weight excluding hydrogens is 409 g/mol. The van der Waals surface area contributed by atoms with E-state index in [1.807, 2.05) is 0 Å². The Labute approximate surface area is 178 Å². The summed E-state index contributed by atoms with van der Waals surface area (Å²) in [6.07, 6.45) is -1.34. The van der Waals surface area contributed by atoms with Crippen LogP contribution < -0.4 is 4.74 Å². The molecule has 0 fully saturated rings. The van der Waals surface area contributed by atoms with Crippen molar-refractivity contribution in [2.45, 2.75) is 20.0 Å². The van der Waals surface area contributed by atoms with E-state index in [1.165, 1.54) is 13.0 Å². The molecule has 2 aromatic carbocycles. The smallest absolute Gasteiger partial charge is 0.420 e. The summed E-state index contributed by atoms with van der Waals surface area (Å²) in [6.45, 7) is 9.83. The molecule has 7 heteroatoms. The second-order valence-corrected chi connectivity index (χ2v) is 6.78. The standard InChI is InChI=1S/C24H21F3O4/c1-15(2)22(28)30-13-5-6-17-7-9-18(10-8-17)19-11-12-21(31-23(29)16(3)4)20(14-19)24(25,26)27/h5-12,14H,1,3,13H2,2,4H3/b6-5+. The molecule has 0 unspecified atom stereocenters. The number of benzene rings is 2. The lowest BCUT2D eigenvalue weighted by Crippen LogP contribution is -2.14. The first kappa shape index (κ1) is 23.7. The lowest BCUT2D eigenvalue weighted by Gasteiger charge is -2.14. The van der Waals surface area contributed by atoms with Crippen molar-refractivity contribution in [3.05, 3.63) is 84.0 Å². The number of esters is 2. The van der Waals surface area contributed by atoms with Gasteiger partial charge in [-0.05, 0) is 48.7 Å². The highest BCUT2D eigenvalue weighted by molar-refractivity contribution is 5.89. The minimum absolute atomic E-state index is 0.00441. The van der Waals surface area contributed by atoms with E-state index >= 15 is 0 Å². The van der Waals surface area contributed by atoms with E-state index in [0.717, 1.165) is 17.7 Å². The van der Waals surface area contributed by atoms with Crippen LogP contribution in [0.15, 0.2) is 72.8 Å². The van der Waals surface area contributed by atoms with Crippen molar-refractivity contribution in [2.24, 2.45) is 0 Å². The lowest BCUT2D eigenvalue weighted by atomic mass is 10.0. The molecule has 0 heterocycles. The largest absolute Gasteiger partial charge is 0.458 e. The molecule has 31 heavy (non-hydrogen) atoms. The number of hydrogen-bond donors (Lipinski definition) is 0. The van der Waals surface area contributed by atoms with Gasteiger partial charge in [0.2, 0.25) is 0 Å². The van der Waals surface area contributed by atoms with Gasteiger partial charge in [-0.2, -0.15) is 13.2 Å². The summed E-state index contributed by atoms with van der Waals surface area (Å²) >= 11 is 0. The molecule has 0 radical (unpaired) electrons. The summed E-state index contributed by atoms with van der Waals surface area (Å²) < 4.78 is 50.2. The Kier molecular flexibility index (Phi) is 7.58. The Morgan fingerprint density at radius 1 is 0.935 bits per heavy atom. The fourth-order valence-corrected chi connectivity index (χ4v) is 2.42. The number of alkyl halides is 3. The number of ether oxygens (including phenoxy) is 2. The molecular formula is C24H21F3O4. The van der Waals surface area contributed by atoms with Crippen LogP contribution in [-0.2, 0) is 20.5 Å². The quantitative estimate of drug-likeness (QED) is 0.308. The fraction of sp³-hybridized carbons (Fsp3) is 0.167. The van der Waals surface area contributed by atoms with E-state index in [9.17, 15) is 22.8 Å². The molecule has 0 aliphatic heterocycles. The molecule has 2 rings (SSSR count). The molecule has 0 aromatic heterocycles. The maximum Gasteiger partial charge on any atom is 0.420 e. The maximum absolute atomic E-state index is 13.5. The van der Waals surface area contributed by atoms with E-state index in [-0.39, 0.29) is 12.2 Å². The zero-order valence-electron chi connectivity index (χ0n) is 17.1. The Morgan fingerprint density at radius 2 is 1.52 bits per heavy atom. The van der Waals surface area contributed by atoms with Gasteiger partial charge < -0.3 is 9.47 Å². The highest BCUT2D eigenvalue weighted by Crippen LogP contribution is 2.39. The van der Waals surface area contributed by atoms with Gasteiger partial charge >= 0.3 is 18.1 Å². The molecule has 4 nitrogen and oxygen atoms in total. The van der Waals surface area contributed by atoms with Gasteiger partial charge in [-0.1, -0.05) is 49.6 Å². The van der Waals surface area contributed by atoms with Crippen molar-refractivity contribution in [1.29, 1.82) is 0 Å². The Balaban J connectivity index is 2.20. The number of hydrogen-bond acceptors (Lipinski definition) is 4. The van der Waals surface area contributed by atoms with Gasteiger partial charge in [-0.15, -0.1) is 0 Å². The predicted octanol–water partition coefficient (Wildman–Crippen LogP) is 5.99. The van der Waals surface area contributed by atoms with Gasteiger partial charge in [0, 0.05) is 11.1 Å². The molecule has 0 N–H and O–H groups in total. The van der Waals surface area contributed by atoms with Crippen LogP contribution in [0.1, 0.15) is 25.0 Å². The second kappa shape index (κ2) is 9.93. The topological polar surface area (TPSA) is 52.6 Å². The molecule has 0 bridgehead atoms. The van der Waals surface area contributed by atoms with Crippen LogP contribution in [0.25, 0.3) is 17.2 Å². The first-order chi connectivity index (χ1) is 14.5. The molecule has 0 aliphatic rings. The average molecular weight is 430 g/mol. The molecule has 0 atom stereocenters. The lowest BCUT2D eigenvalue weighted by molar-refractivity contribution is -0.141. The van der Waals surface area contributed by atoms with Crippen LogP contribution in [0.5, 0.6) is 5.75 Å². The van der Waals surface area contributed by atoms with Crippen LogP contribution in [0.2, 0.25) is 0 Å². The summed E-state index contributed by atoms with van der Waals surface area (Å²) in [7, 11) is 0. The van der Waals surface area contributed by atoms with Crippen LogP contribution in [0.4, 0.5) is 13.2 Å². The van der Waals surface area contributed by atoms with E-state index in [4.69, 9.17) is 9.47 Å². The van der Waals surface area contributed by atoms with Gasteiger partial charge in [-0.3, -0.25) is 0 Å². The van der Waals surface area contributed by atoms with Crippen molar-refractivity contribution in [3.63, 3.8) is 0 Å². The van der Waals surface area contributed by atoms with E-state index in [1.54, 1.807) is 43.3 Å². The van der Waals surface area contributed by atoms with E-state index in [0.29, 0.717) is 16.7 Å². The second-order valence-electron chi connectivity index (χ2n) is 6.78. The summed E-state index contributed by atoms with van der Waals surface area (Å²) in [5.41, 5.74) is 0.884. The maximum atomic E-state index is 13.5. The van der Waals surface area contributed by atoms with Crippen molar-refractivity contribution >= 4 is 18.0 Å². The van der Waals surface area contributed by atoms with Crippen LogP contribution in [-0.4, -0.2) is 18.5 Å². The third-order valence-electron chi connectivity index (χ3n) is 4.05. The molecule has 0 aliphatic carbocycles. The van der Waals surface area contributed by atoms with Gasteiger partial charge in [0.25, 0.3) is 0 Å². The molecule has 0 spiro atoms. The molecule has 0 saturated heterocycles. The number of halogens is 3. The Hall–Kier alpha value is -3.61. The van der Waals surface area contributed by atoms with Crippen molar-refractivity contribution < 1.29 is 32.2 Å². The Bertz CT molecular complexity index is 1030. The van der Waals surface area contributed by atoms with Gasteiger partial charge in [0.05, 0.1) is 5.56 Å². The number of carbonyl (C=O) groups excluding carboxylic acids is 2. The third-order valence-corrected chi connectivity index (χ3v) is 4.05. The highest BCUT2D eigenvalue weighted by Gasteiger charge is 2.35. The van der Waals surface area contributed by atoms with E-state index < -0.39 is 29.4 Å². The zero-order valence-corrected chi connectivity index (χ0v) is 17.1. The molecule has 2 aromatic rings. The molecule has 162 valence electrons. The highest BCUT2D eigenvalue weighted by atomic mass is 19.4. The third kappa shape index (κ3) is 6.70. The SMILES string of the molecule is C=C(C)C(=O)OC/C=C/c1ccc(-c2ccc(OC(=O)C(=C)C)c(C(F)(F)F)c2)cc1. The average Bonchev–Trinajstić information content (AvgIpc) is 2.70. The van der Waals surface area contributed by atoms with Crippen LogP contribution >= 0.6 is 0 Å². The summed E-state index contributed by atoms with van der Waals surface area (Å²) in [5.74, 6) is -1.99. The summed E-state index contributed by atoms with van der Waals surface area (Å²) in [5, 5.41) is 0. The van der Waals surface area contributed by atoms with E-state index in [2.05, 4.69) is 13.2 Å². The summed E-state index contributed by atoms with van der Waals surface area (Å²) in [6, 6.07) is 10.2. The van der Waals surface area contributed by atoms with Crippen LogP contribution in [0, 0.1) is 0 Å². The molecule has 0 amide bonds. The van der Waals surface area contributed by atoms with Crippen molar-refractivity contribution in [2.75, 3.05) is 6.61 Å². The number of rotatable bonds is 7. The summed E-state index contributed by atoms with van der Waals surface area (Å²) in [4.78, 5) is 22.9. The van der Waals surface area contributed by atoms with Gasteiger partial charge in [0.15, 0.2) is 0 Å². The normalized spacial score (nSPS) is 11.3. The van der Waals surface area contributed by atoms with Crippen LogP contribution in [0.3, 0.4) is 0 Å². The van der Waals surface area contributed by atoms with Crippen molar-refractivity contribution in [3.8, 4) is 16.9 Å². The Morgan fingerprint density at radius 3 is 2.06 bits per heavy atom. The zero-order chi connectivity index (χ0) is 23.2. The van der Waals surface area contributed by atoms with Gasteiger partial charge in [0.1, 0.15) is 12.4 Å². The first-order valence-corrected chi connectivity index (χ1v) is 9.17. The van der Waals surface area contributed by atoms with Gasteiger partial charge in [-0.25, -0.2) is 9.59 Å². The van der Waals surface area contributed by atoms with Crippen molar-refractivity contribution in [1.82, 2.24) is 0 Å².